The molecule has 0 fully saturated rings. The van der Waals surface area contributed by atoms with E-state index in [-0.39, 0.29) is 5.41 Å². The lowest BCUT2D eigenvalue weighted by Crippen LogP contribution is -2.10. The first-order valence-electron chi connectivity index (χ1n) is 27.5. The highest BCUT2D eigenvalue weighted by Gasteiger charge is 2.16. The predicted octanol–water partition coefficient (Wildman–Crippen LogP) is 24.5. The molecule has 76 heavy (non-hydrogen) atoms. The van der Waals surface area contributed by atoms with Gasteiger partial charge in [-0.15, -0.1) is 11.3 Å². The van der Waals surface area contributed by atoms with Crippen LogP contribution in [0.1, 0.15) is 185 Å². The molecule has 0 aliphatic heterocycles. The molecule has 2 heterocycles. The smallest absolute Gasteiger partial charge is 0.0345 e. The molecular formula is C74H104S2. The van der Waals surface area contributed by atoms with Crippen LogP contribution in [0.5, 0.6) is 0 Å². The van der Waals surface area contributed by atoms with Crippen LogP contribution >= 0.6 is 22.7 Å². The fourth-order valence-electron chi connectivity index (χ4n) is 6.04. The molecule has 8 aromatic rings. The van der Waals surface area contributed by atoms with E-state index in [1.54, 1.807) is 11.3 Å². The summed E-state index contributed by atoms with van der Waals surface area (Å²) in [6, 6.07) is 59.2. The molecule has 2 aliphatic rings. The Kier molecular flexibility index (Phi) is 30.6. The van der Waals surface area contributed by atoms with Crippen molar-refractivity contribution in [3.8, 4) is 0 Å². The summed E-state index contributed by atoms with van der Waals surface area (Å²) in [4.78, 5) is 1.47. The van der Waals surface area contributed by atoms with Crippen LogP contribution in [0.4, 0.5) is 0 Å². The van der Waals surface area contributed by atoms with Gasteiger partial charge in [0.25, 0.3) is 0 Å². The van der Waals surface area contributed by atoms with Gasteiger partial charge in [0.2, 0.25) is 0 Å². The second-order valence-corrected chi connectivity index (χ2v) is 29.7. The van der Waals surface area contributed by atoms with Gasteiger partial charge in [-0.3, -0.25) is 0 Å². The number of hydrogen-bond donors (Lipinski definition) is 0. The second kappa shape index (κ2) is 33.8. The zero-order valence-corrected chi connectivity index (χ0v) is 53.5. The van der Waals surface area contributed by atoms with Crippen LogP contribution < -0.4 is 0 Å². The number of allylic oxidation sites excluding steroid dienone is 2. The molecule has 0 radical (unpaired) electrons. The third-order valence-electron chi connectivity index (χ3n) is 9.27. The first-order chi connectivity index (χ1) is 35.1. The standard InChI is InChI=1S/C12H14S.C10H8.C10H14.2C9H8.4C5H12.C4H4S/c1-12(2,3)11-8-9-6-4-5-7-10(9)13-11;1-2-6-10-8-4-3-7-9(10)5-1;1-10(2,3)9-7-5-4-6-8-9;2*1-2-5-9-7-3-6-8(9)4-1;4*1-5(2,3)4;1-2-4-5-3-1/h4-8H,1-3H3;1-8H;4-8H,1-3H3;2*1-6H,7H2;4*1-4H3;1-4H. The molecule has 0 amide bonds. The van der Waals surface area contributed by atoms with E-state index in [0.717, 1.165) is 12.8 Å². The Bertz CT molecular complexity index is 2530. The molecule has 2 aliphatic carbocycles. The van der Waals surface area contributed by atoms with Crippen LogP contribution in [-0.4, -0.2) is 0 Å². The fourth-order valence-corrected chi connectivity index (χ4v) is 7.61. The lowest BCUT2D eigenvalue weighted by Gasteiger charge is -2.18. The first-order valence-corrected chi connectivity index (χ1v) is 29.3. The van der Waals surface area contributed by atoms with Crippen molar-refractivity contribution < 1.29 is 0 Å². The lowest BCUT2D eigenvalue weighted by molar-refractivity contribution is 0.469. The Morgan fingerprint density at radius 1 is 0.316 bits per heavy atom. The third-order valence-corrected chi connectivity index (χ3v) is 11.4. The number of hydrogen-bond acceptors (Lipinski definition) is 2. The minimum Gasteiger partial charge on any atom is -0.152 e. The van der Waals surface area contributed by atoms with E-state index in [2.05, 4.69) is 334 Å². The summed E-state index contributed by atoms with van der Waals surface area (Å²) in [5.74, 6) is 0. The van der Waals surface area contributed by atoms with Crippen molar-refractivity contribution in [2.75, 3.05) is 0 Å². The SMILES string of the molecule is C1=Cc2ccccc2C1.C1=Cc2ccccc2C1.CC(C)(C)C.CC(C)(C)C.CC(C)(C)C.CC(C)(C)C.CC(C)(C)c1cc2ccccc2s1.CC(C)(C)c1ccccc1.c1ccc2ccccc2c1.c1ccsc1. The van der Waals surface area contributed by atoms with Gasteiger partial charge in [-0.25, -0.2) is 0 Å². The van der Waals surface area contributed by atoms with E-state index in [1.807, 2.05) is 34.2 Å². The van der Waals surface area contributed by atoms with Crippen LogP contribution in [0, 0.1) is 21.7 Å². The van der Waals surface area contributed by atoms with Gasteiger partial charge in [0.05, 0.1) is 0 Å². The largest absolute Gasteiger partial charge is 0.152 e. The highest BCUT2D eigenvalue weighted by atomic mass is 32.1. The molecule has 0 saturated heterocycles. The third kappa shape index (κ3) is 38.3. The quantitative estimate of drug-likeness (QED) is 0.142. The number of rotatable bonds is 0. The van der Waals surface area contributed by atoms with Crippen molar-refractivity contribution >= 4 is 55.7 Å². The number of fused-ring (bicyclic) bond motifs is 4. The summed E-state index contributed by atoms with van der Waals surface area (Å²) in [6.45, 7) is 48.5. The summed E-state index contributed by atoms with van der Waals surface area (Å²) < 4.78 is 1.40. The molecule has 0 spiro atoms. The Balaban J connectivity index is 0.000000431. The zero-order chi connectivity index (χ0) is 57.6. The van der Waals surface area contributed by atoms with E-state index in [1.165, 1.54) is 53.6 Å². The Hall–Kier alpha value is -5.28. The van der Waals surface area contributed by atoms with E-state index in [4.69, 9.17) is 0 Å². The maximum Gasteiger partial charge on any atom is 0.0345 e. The minimum absolute atomic E-state index is 0.281. The van der Waals surface area contributed by atoms with Gasteiger partial charge in [0.1, 0.15) is 0 Å². The van der Waals surface area contributed by atoms with Gasteiger partial charge >= 0.3 is 0 Å². The van der Waals surface area contributed by atoms with E-state index < -0.39 is 0 Å². The maximum atomic E-state index is 2.31. The van der Waals surface area contributed by atoms with Crippen molar-refractivity contribution in [3.63, 3.8) is 0 Å². The molecule has 0 atom stereocenters. The van der Waals surface area contributed by atoms with Crippen LogP contribution in [0.25, 0.3) is 33.0 Å². The Labute approximate surface area is 475 Å². The second-order valence-electron chi connectivity index (χ2n) is 27.8. The summed E-state index contributed by atoms with van der Waals surface area (Å²) in [5.41, 5.74) is 9.66. The molecular weight excluding hydrogens is 953 g/mol. The molecule has 2 aromatic heterocycles. The summed E-state index contributed by atoms with van der Waals surface area (Å²) in [6.07, 6.45) is 11.0. The highest BCUT2D eigenvalue weighted by molar-refractivity contribution is 7.19. The first kappa shape index (κ1) is 68.7. The average Bonchev–Trinajstić information content (AvgIpc) is 4.16. The van der Waals surface area contributed by atoms with Crippen LogP contribution in [0.3, 0.4) is 0 Å². The molecule has 0 saturated carbocycles. The molecule has 0 unspecified atom stereocenters. The van der Waals surface area contributed by atoms with Crippen molar-refractivity contribution in [1.29, 1.82) is 0 Å². The van der Waals surface area contributed by atoms with Gasteiger partial charge in [0.15, 0.2) is 0 Å². The predicted molar refractivity (Wildman–Crippen MR) is 353 cm³/mol. The molecule has 2 heteroatoms. The average molecular weight is 1060 g/mol. The molecule has 0 bridgehead atoms. The number of thiophene rings is 2. The molecule has 0 nitrogen and oxygen atoms in total. The summed E-state index contributed by atoms with van der Waals surface area (Å²) in [7, 11) is 0. The van der Waals surface area contributed by atoms with Gasteiger partial charge in [-0.05, 0) is 112 Å². The van der Waals surface area contributed by atoms with Crippen LogP contribution in [-0.2, 0) is 23.7 Å². The normalized spacial score (nSPS) is 11.9. The highest BCUT2D eigenvalue weighted by Crippen LogP contribution is 2.34. The minimum atomic E-state index is 0.281. The van der Waals surface area contributed by atoms with Crippen molar-refractivity contribution in [2.24, 2.45) is 21.7 Å². The maximum absolute atomic E-state index is 2.31. The van der Waals surface area contributed by atoms with Gasteiger partial charge in [-0.1, -0.05) is 334 Å². The molecule has 0 N–H and O–H groups in total. The molecule has 10 rings (SSSR count). The molecule has 6 aromatic carbocycles. The Morgan fingerprint density at radius 2 is 0.632 bits per heavy atom. The van der Waals surface area contributed by atoms with Crippen LogP contribution in [0.2, 0.25) is 0 Å². The van der Waals surface area contributed by atoms with Gasteiger partial charge in [0, 0.05) is 9.58 Å². The summed E-state index contributed by atoms with van der Waals surface area (Å²) >= 11 is 3.62. The van der Waals surface area contributed by atoms with Crippen molar-refractivity contribution in [3.05, 3.63) is 225 Å². The number of benzene rings is 6. The van der Waals surface area contributed by atoms with Crippen molar-refractivity contribution in [1.82, 2.24) is 0 Å². The van der Waals surface area contributed by atoms with Gasteiger partial charge in [-0.2, -0.15) is 11.3 Å². The van der Waals surface area contributed by atoms with E-state index in [9.17, 15) is 0 Å². The zero-order valence-electron chi connectivity index (χ0n) is 51.9. The fraction of sp³-hybridized carbons (Fsp3) is 0.405. The monoisotopic (exact) mass is 1060 g/mol. The summed E-state index contributed by atoms with van der Waals surface area (Å²) in [5, 5.41) is 8.08. The van der Waals surface area contributed by atoms with Crippen LogP contribution in [0.15, 0.2) is 193 Å². The Morgan fingerprint density at radius 3 is 0.921 bits per heavy atom. The van der Waals surface area contributed by atoms with Crippen molar-refractivity contribution in [2.45, 2.75) is 176 Å². The lowest BCUT2D eigenvalue weighted by atomic mass is 9.87. The molecule has 412 valence electrons. The van der Waals surface area contributed by atoms with E-state index in [0.29, 0.717) is 27.1 Å². The van der Waals surface area contributed by atoms with Gasteiger partial charge < -0.3 is 0 Å². The topological polar surface area (TPSA) is 0 Å². The van der Waals surface area contributed by atoms with E-state index >= 15 is 0 Å².